The Morgan fingerprint density at radius 1 is 1.56 bits per heavy atom. The summed E-state index contributed by atoms with van der Waals surface area (Å²) in [4.78, 5) is 14.1. The molecule has 0 aliphatic carbocycles. The van der Waals surface area contributed by atoms with E-state index in [-0.39, 0.29) is 11.9 Å². The zero-order valence-electron chi connectivity index (χ0n) is 9.15. The van der Waals surface area contributed by atoms with Gasteiger partial charge in [-0.3, -0.25) is 4.79 Å². The molecule has 1 aromatic carbocycles. The summed E-state index contributed by atoms with van der Waals surface area (Å²) in [5, 5.41) is 0. The minimum absolute atomic E-state index is 0.0806. The van der Waals surface area contributed by atoms with Crippen LogP contribution in [0, 0.1) is 0 Å². The fourth-order valence-electron chi connectivity index (χ4n) is 1.82. The van der Waals surface area contributed by atoms with Gasteiger partial charge in [-0.2, -0.15) is 0 Å². The fraction of sp³-hybridized carbons (Fsp3) is 0.417. The highest BCUT2D eigenvalue weighted by Gasteiger charge is 2.24. The topological polar surface area (TPSA) is 29.5 Å². The first kappa shape index (κ1) is 11.6. The van der Waals surface area contributed by atoms with Gasteiger partial charge in [0.2, 0.25) is 0 Å². The van der Waals surface area contributed by atoms with Crippen LogP contribution in [0.2, 0.25) is 0 Å². The van der Waals surface area contributed by atoms with E-state index in [4.69, 9.17) is 4.74 Å². The molecule has 0 spiro atoms. The lowest BCUT2D eigenvalue weighted by molar-refractivity contribution is 0.00359. The lowest BCUT2D eigenvalue weighted by atomic mass is 10.1. The van der Waals surface area contributed by atoms with Crippen LogP contribution in [-0.4, -0.2) is 36.6 Å². The monoisotopic (exact) mass is 283 g/mol. The molecule has 1 saturated heterocycles. The Morgan fingerprint density at radius 2 is 2.38 bits per heavy atom. The molecule has 1 atom stereocenters. The standard InChI is InChI=1S/C12H14BrNO2/c1-9-8-16-6-5-14(9)12(15)10-3-2-4-11(13)7-10/h2-4,7,9H,5-6,8H2,1H3. The predicted molar refractivity (Wildman–Crippen MR) is 65.5 cm³/mol. The van der Waals surface area contributed by atoms with Crippen LogP contribution in [0.25, 0.3) is 0 Å². The van der Waals surface area contributed by atoms with Gasteiger partial charge >= 0.3 is 0 Å². The van der Waals surface area contributed by atoms with E-state index in [2.05, 4.69) is 15.9 Å². The number of nitrogens with zero attached hydrogens (tertiary/aromatic N) is 1. The van der Waals surface area contributed by atoms with Crippen LogP contribution in [0.15, 0.2) is 28.7 Å². The van der Waals surface area contributed by atoms with Crippen molar-refractivity contribution < 1.29 is 9.53 Å². The fourth-order valence-corrected chi connectivity index (χ4v) is 2.22. The third kappa shape index (κ3) is 2.44. The maximum Gasteiger partial charge on any atom is 0.254 e. The molecule has 1 heterocycles. The molecule has 16 heavy (non-hydrogen) atoms. The molecule has 3 nitrogen and oxygen atoms in total. The largest absolute Gasteiger partial charge is 0.377 e. The molecule has 2 rings (SSSR count). The summed E-state index contributed by atoms with van der Waals surface area (Å²) >= 11 is 3.37. The third-order valence-corrected chi connectivity index (χ3v) is 3.19. The van der Waals surface area contributed by atoms with Gasteiger partial charge in [0, 0.05) is 16.6 Å². The minimum atomic E-state index is 0.0806. The number of carbonyl (C=O) groups is 1. The average Bonchev–Trinajstić information content (AvgIpc) is 2.29. The molecular weight excluding hydrogens is 270 g/mol. The second kappa shape index (κ2) is 4.97. The first-order valence-electron chi connectivity index (χ1n) is 5.33. The molecule has 1 amide bonds. The maximum atomic E-state index is 12.2. The molecule has 1 fully saturated rings. The molecule has 1 aliphatic heterocycles. The second-order valence-corrected chi connectivity index (χ2v) is 4.85. The lowest BCUT2D eigenvalue weighted by Crippen LogP contribution is -2.47. The molecule has 0 N–H and O–H groups in total. The Balaban J connectivity index is 2.17. The van der Waals surface area contributed by atoms with Crippen molar-refractivity contribution in [3.63, 3.8) is 0 Å². The molecule has 4 heteroatoms. The van der Waals surface area contributed by atoms with Crippen LogP contribution in [0.4, 0.5) is 0 Å². The number of halogens is 1. The van der Waals surface area contributed by atoms with Crippen LogP contribution in [-0.2, 0) is 4.74 Å². The van der Waals surface area contributed by atoms with E-state index in [1.54, 1.807) is 0 Å². The molecule has 86 valence electrons. The van der Waals surface area contributed by atoms with Crippen molar-refractivity contribution in [2.24, 2.45) is 0 Å². The number of amides is 1. The molecule has 0 radical (unpaired) electrons. The first-order chi connectivity index (χ1) is 7.68. The Bertz CT molecular complexity index is 394. The molecule has 1 aromatic rings. The van der Waals surface area contributed by atoms with Gasteiger partial charge in [0.1, 0.15) is 0 Å². The highest BCUT2D eigenvalue weighted by molar-refractivity contribution is 9.10. The minimum Gasteiger partial charge on any atom is -0.377 e. The van der Waals surface area contributed by atoms with Gasteiger partial charge in [-0.25, -0.2) is 0 Å². The van der Waals surface area contributed by atoms with Crippen molar-refractivity contribution in [3.05, 3.63) is 34.3 Å². The quantitative estimate of drug-likeness (QED) is 0.792. The number of benzene rings is 1. The molecule has 1 aliphatic rings. The van der Waals surface area contributed by atoms with E-state index < -0.39 is 0 Å². The summed E-state index contributed by atoms with van der Waals surface area (Å²) in [6, 6.07) is 7.64. The van der Waals surface area contributed by atoms with Crippen molar-refractivity contribution in [2.45, 2.75) is 13.0 Å². The average molecular weight is 284 g/mol. The smallest absolute Gasteiger partial charge is 0.254 e. The molecule has 1 unspecified atom stereocenters. The van der Waals surface area contributed by atoms with E-state index in [9.17, 15) is 4.79 Å². The van der Waals surface area contributed by atoms with Crippen LogP contribution < -0.4 is 0 Å². The zero-order chi connectivity index (χ0) is 11.5. The van der Waals surface area contributed by atoms with Gasteiger partial charge in [-0.1, -0.05) is 22.0 Å². The summed E-state index contributed by atoms with van der Waals surface area (Å²) in [6.45, 7) is 3.94. The summed E-state index contributed by atoms with van der Waals surface area (Å²) in [6.07, 6.45) is 0. The van der Waals surface area contributed by atoms with Crippen LogP contribution >= 0.6 is 15.9 Å². The van der Waals surface area contributed by atoms with E-state index in [0.29, 0.717) is 19.8 Å². The van der Waals surface area contributed by atoms with E-state index in [0.717, 1.165) is 10.0 Å². The SMILES string of the molecule is CC1COCCN1C(=O)c1cccc(Br)c1. The Hall–Kier alpha value is -0.870. The van der Waals surface area contributed by atoms with Crippen molar-refractivity contribution in [1.29, 1.82) is 0 Å². The van der Waals surface area contributed by atoms with Gasteiger partial charge in [0.05, 0.1) is 19.3 Å². The predicted octanol–water partition coefficient (Wildman–Crippen LogP) is 2.31. The van der Waals surface area contributed by atoms with Crippen molar-refractivity contribution in [2.75, 3.05) is 19.8 Å². The number of rotatable bonds is 1. The van der Waals surface area contributed by atoms with Gasteiger partial charge in [-0.15, -0.1) is 0 Å². The second-order valence-electron chi connectivity index (χ2n) is 3.93. The molecular formula is C12H14BrNO2. The summed E-state index contributed by atoms with van der Waals surface area (Å²) in [7, 11) is 0. The number of carbonyl (C=O) groups excluding carboxylic acids is 1. The first-order valence-corrected chi connectivity index (χ1v) is 6.12. The van der Waals surface area contributed by atoms with E-state index in [1.807, 2.05) is 36.1 Å². The Morgan fingerprint density at radius 3 is 3.06 bits per heavy atom. The number of hydrogen-bond donors (Lipinski definition) is 0. The third-order valence-electron chi connectivity index (χ3n) is 2.70. The number of morpholine rings is 1. The number of hydrogen-bond acceptors (Lipinski definition) is 2. The number of ether oxygens (including phenoxy) is 1. The van der Waals surface area contributed by atoms with Gasteiger partial charge in [0.15, 0.2) is 0 Å². The summed E-state index contributed by atoms with van der Waals surface area (Å²) in [5.74, 6) is 0.0806. The summed E-state index contributed by atoms with van der Waals surface area (Å²) in [5.41, 5.74) is 0.725. The molecule has 0 bridgehead atoms. The summed E-state index contributed by atoms with van der Waals surface area (Å²) < 4.78 is 6.25. The van der Waals surface area contributed by atoms with E-state index in [1.165, 1.54) is 0 Å². The van der Waals surface area contributed by atoms with Crippen LogP contribution in [0.5, 0.6) is 0 Å². The Labute approximate surface area is 104 Å². The van der Waals surface area contributed by atoms with Gasteiger partial charge < -0.3 is 9.64 Å². The van der Waals surface area contributed by atoms with Crippen molar-refractivity contribution >= 4 is 21.8 Å². The Kier molecular flexibility index (Phi) is 3.61. The van der Waals surface area contributed by atoms with Gasteiger partial charge in [-0.05, 0) is 25.1 Å². The highest BCUT2D eigenvalue weighted by atomic mass is 79.9. The normalized spacial score (nSPS) is 20.9. The van der Waals surface area contributed by atoms with Crippen molar-refractivity contribution in [1.82, 2.24) is 4.90 Å². The zero-order valence-corrected chi connectivity index (χ0v) is 10.7. The van der Waals surface area contributed by atoms with Crippen molar-refractivity contribution in [3.8, 4) is 0 Å². The maximum absolute atomic E-state index is 12.2. The van der Waals surface area contributed by atoms with Gasteiger partial charge in [0.25, 0.3) is 5.91 Å². The molecule has 0 saturated carbocycles. The molecule has 0 aromatic heterocycles. The highest BCUT2D eigenvalue weighted by Crippen LogP contribution is 2.16. The van der Waals surface area contributed by atoms with Crippen LogP contribution in [0.1, 0.15) is 17.3 Å². The lowest BCUT2D eigenvalue weighted by Gasteiger charge is -2.33. The van der Waals surface area contributed by atoms with E-state index >= 15 is 0 Å². The van der Waals surface area contributed by atoms with Crippen LogP contribution in [0.3, 0.4) is 0 Å².